The molecule has 7 heteroatoms. The third-order valence-electron chi connectivity index (χ3n) is 2.59. The average Bonchev–Trinajstić information content (AvgIpc) is 2.31. The van der Waals surface area contributed by atoms with E-state index in [2.05, 4.69) is 17.1 Å². The van der Waals surface area contributed by atoms with Gasteiger partial charge in [0.2, 0.25) is 11.9 Å². The third kappa shape index (κ3) is 6.07. The molecular formula is C11H21N4O3+. The van der Waals surface area contributed by atoms with Gasteiger partial charge in [0.1, 0.15) is 19.8 Å². The molecule has 0 aliphatic rings. The second-order valence-corrected chi connectivity index (χ2v) is 4.20. The second kappa shape index (κ2) is 8.32. The normalized spacial score (nSPS) is 13.4. The van der Waals surface area contributed by atoms with Gasteiger partial charge < -0.3 is 10.4 Å². The predicted octanol–water partition coefficient (Wildman–Crippen LogP) is 0.488. The van der Waals surface area contributed by atoms with Crippen molar-refractivity contribution < 1.29 is 19.3 Å². The molecule has 3 N–H and O–H groups in total. The Balaban J connectivity index is 3.80. The number of hydrogen-bond acceptors (Lipinski definition) is 4. The standard InChI is InChI=1S/C11H20N4O3/c1-8(14-12)10(16)13-7-5-4-6-9(11(17)18)15(2)3/h8-9,12H,2,4-7H2,1,3H3,(H-,13,16,17,18)/p+1/t8?,9-/m0/s1. The highest BCUT2D eigenvalue weighted by Gasteiger charge is 2.23. The number of unbranched alkanes of at least 4 members (excludes halogenated alkanes) is 1. The van der Waals surface area contributed by atoms with E-state index in [0.29, 0.717) is 25.8 Å². The Morgan fingerprint density at radius 2 is 2.11 bits per heavy atom. The summed E-state index contributed by atoms with van der Waals surface area (Å²) in [6, 6.07) is -1.26. The molecule has 0 aliphatic carbocycles. The van der Waals surface area contributed by atoms with E-state index in [0.717, 1.165) is 0 Å². The van der Waals surface area contributed by atoms with Crippen LogP contribution in [0.2, 0.25) is 0 Å². The number of carboxylic acid groups (broad SMARTS) is 1. The summed E-state index contributed by atoms with van der Waals surface area (Å²) < 4.78 is 1.42. The van der Waals surface area contributed by atoms with Crippen molar-refractivity contribution in [3.63, 3.8) is 0 Å². The van der Waals surface area contributed by atoms with Crippen molar-refractivity contribution in [2.24, 2.45) is 5.11 Å². The molecule has 0 aromatic rings. The van der Waals surface area contributed by atoms with Crippen LogP contribution in [0.4, 0.5) is 0 Å². The summed E-state index contributed by atoms with van der Waals surface area (Å²) in [6.45, 7) is 5.58. The van der Waals surface area contributed by atoms with E-state index in [1.54, 1.807) is 14.0 Å². The molecule has 0 radical (unpaired) electrons. The van der Waals surface area contributed by atoms with Gasteiger partial charge in [-0.05, 0) is 19.8 Å². The molecule has 0 rings (SSSR count). The van der Waals surface area contributed by atoms with Crippen LogP contribution in [0.3, 0.4) is 0 Å². The number of hydrogen-bond donors (Lipinski definition) is 3. The summed E-state index contributed by atoms with van der Waals surface area (Å²) in [5, 5.41) is 14.7. The van der Waals surface area contributed by atoms with Crippen molar-refractivity contribution in [3.05, 3.63) is 0 Å². The van der Waals surface area contributed by atoms with Crippen LogP contribution < -0.4 is 5.32 Å². The summed E-state index contributed by atoms with van der Waals surface area (Å²) in [7, 11) is 1.62. The lowest BCUT2D eigenvalue weighted by molar-refractivity contribution is -0.518. The highest BCUT2D eigenvalue weighted by atomic mass is 16.4. The number of carbonyl (C=O) groups is 2. The minimum Gasteiger partial charge on any atom is -0.476 e. The molecule has 1 unspecified atom stereocenters. The highest BCUT2D eigenvalue weighted by molar-refractivity contribution is 5.81. The third-order valence-corrected chi connectivity index (χ3v) is 2.59. The van der Waals surface area contributed by atoms with Gasteiger partial charge in [0.25, 0.3) is 0 Å². The van der Waals surface area contributed by atoms with Gasteiger partial charge in [0.05, 0.1) is 0 Å². The minimum absolute atomic E-state index is 0.283. The molecule has 0 fully saturated rings. The quantitative estimate of drug-likeness (QED) is 0.242. The number of carbonyl (C=O) groups excluding carboxylic acids is 1. The number of rotatable bonds is 9. The number of nitrogens with one attached hydrogen (secondary N) is 2. The zero-order valence-electron chi connectivity index (χ0n) is 10.8. The minimum atomic E-state index is -0.891. The van der Waals surface area contributed by atoms with Gasteiger partial charge in [-0.3, -0.25) is 4.79 Å². The van der Waals surface area contributed by atoms with Gasteiger partial charge in [-0.25, -0.2) is 14.9 Å². The molecule has 0 heterocycles. The van der Waals surface area contributed by atoms with Crippen LogP contribution in [0, 0.1) is 5.53 Å². The number of carboxylic acids is 1. The Kier molecular flexibility index (Phi) is 7.50. The van der Waals surface area contributed by atoms with Gasteiger partial charge in [0, 0.05) is 13.0 Å². The molecule has 0 aromatic carbocycles. The molecule has 0 aliphatic heterocycles. The molecule has 7 nitrogen and oxygen atoms in total. The first-order valence-corrected chi connectivity index (χ1v) is 5.80. The number of amides is 1. The monoisotopic (exact) mass is 257 g/mol. The van der Waals surface area contributed by atoms with Crippen molar-refractivity contribution in [1.82, 2.24) is 5.32 Å². The number of aliphatic carboxylic acids is 1. The van der Waals surface area contributed by atoms with Crippen LogP contribution in [0.5, 0.6) is 0 Å². The largest absolute Gasteiger partial charge is 0.476 e. The van der Waals surface area contributed by atoms with Crippen LogP contribution in [0.25, 0.3) is 0 Å². The summed E-state index contributed by atoms with van der Waals surface area (Å²) in [4.78, 5) is 22.1. The lowest BCUT2D eigenvalue weighted by Gasteiger charge is -2.09. The topological polar surface area (TPSA) is 106 Å². The Morgan fingerprint density at radius 3 is 2.56 bits per heavy atom. The lowest BCUT2D eigenvalue weighted by atomic mass is 10.1. The van der Waals surface area contributed by atoms with E-state index >= 15 is 0 Å². The maximum Gasteiger partial charge on any atom is 0.372 e. The first-order valence-electron chi connectivity index (χ1n) is 5.80. The van der Waals surface area contributed by atoms with Crippen LogP contribution in [-0.4, -0.2) is 54.0 Å². The number of nitrogens with zero attached hydrogens (tertiary/aromatic N) is 2. The number of likely N-dealkylation sites (N-methyl/N-ethyl adjacent to an activating group) is 1. The van der Waals surface area contributed by atoms with Crippen LogP contribution in [0.15, 0.2) is 5.11 Å². The van der Waals surface area contributed by atoms with E-state index < -0.39 is 18.1 Å². The van der Waals surface area contributed by atoms with E-state index in [9.17, 15) is 9.59 Å². The van der Waals surface area contributed by atoms with Gasteiger partial charge >= 0.3 is 5.97 Å². The Morgan fingerprint density at radius 1 is 1.50 bits per heavy atom. The maximum absolute atomic E-state index is 11.3. The predicted molar refractivity (Wildman–Crippen MR) is 66.2 cm³/mol. The fourth-order valence-electron chi connectivity index (χ4n) is 1.41. The zero-order chi connectivity index (χ0) is 14.1. The first-order chi connectivity index (χ1) is 8.40. The van der Waals surface area contributed by atoms with E-state index in [4.69, 9.17) is 10.6 Å². The zero-order valence-corrected chi connectivity index (χ0v) is 10.8. The smallest absolute Gasteiger partial charge is 0.372 e. The van der Waals surface area contributed by atoms with Gasteiger partial charge in [-0.1, -0.05) is 0 Å². The molecule has 0 saturated heterocycles. The molecule has 0 saturated carbocycles. The van der Waals surface area contributed by atoms with Crippen molar-refractivity contribution >= 4 is 18.6 Å². The van der Waals surface area contributed by atoms with Crippen molar-refractivity contribution in [2.45, 2.75) is 38.3 Å². The molecule has 0 spiro atoms. The Hall–Kier alpha value is -1.79. The fourth-order valence-corrected chi connectivity index (χ4v) is 1.41. The Labute approximate surface area is 106 Å². The lowest BCUT2D eigenvalue weighted by Crippen LogP contribution is -2.33. The SMILES string of the molecule is C=[N+](C)[C@@H](CCCCNC(=O)C(C)N=N)C(=O)O. The highest BCUT2D eigenvalue weighted by Crippen LogP contribution is 2.03. The van der Waals surface area contributed by atoms with Crippen LogP contribution >= 0.6 is 0 Å². The molecule has 0 aromatic heterocycles. The second-order valence-electron chi connectivity index (χ2n) is 4.20. The average molecular weight is 257 g/mol. The van der Waals surface area contributed by atoms with Gasteiger partial charge in [-0.15, -0.1) is 0 Å². The molecule has 2 atom stereocenters. The van der Waals surface area contributed by atoms with E-state index in [1.807, 2.05) is 0 Å². The summed E-state index contributed by atoms with van der Waals surface area (Å²) in [5.74, 6) is -1.17. The van der Waals surface area contributed by atoms with Gasteiger partial charge in [0.15, 0.2) is 0 Å². The molecule has 0 bridgehead atoms. The van der Waals surface area contributed by atoms with Crippen molar-refractivity contribution in [2.75, 3.05) is 13.6 Å². The molecular weight excluding hydrogens is 236 g/mol. The molecule has 18 heavy (non-hydrogen) atoms. The fraction of sp³-hybridized carbons (Fsp3) is 0.727. The first kappa shape index (κ1) is 16.2. The molecule has 102 valence electrons. The molecule has 1 amide bonds. The summed E-state index contributed by atoms with van der Waals surface area (Å²) >= 11 is 0. The van der Waals surface area contributed by atoms with Crippen LogP contribution in [0.1, 0.15) is 26.2 Å². The van der Waals surface area contributed by atoms with E-state index in [-0.39, 0.29) is 5.91 Å². The van der Waals surface area contributed by atoms with Crippen molar-refractivity contribution in [1.29, 1.82) is 5.53 Å². The van der Waals surface area contributed by atoms with Crippen LogP contribution in [-0.2, 0) is 9.59 Å². The summed E-state index contributed by atoms with van der Waals surface area (Å²) in [5.41, 5.74) is 6.69. The summed E-state index contributed by atoms with van der Waals surface area (Å²) in [6.07, 6.45) is 1.86. The van der Waals surface area contributed by atoms with E-state index in [1.165, 1.54) is 4.58 Å². The van der Waals surface area contributed by atoms with Crippen molar-refractivity contribution in [3.8, 4) is 0 Å². The Bertz CT molecular complexity index is 316. The maximum atomic E-state index is 11.3. The van der Waals surface area contributed by atoms with Gasteiger partial charge in [-0.2, -0.15) is 5.11 Å².